The van der Waals surface area contributed by atoms with Crippen LogP contribution in [0.5, 0.6) is 0 Å². The molecule has 13 nitrogen and oxygen atoms in total. The second-order valence-corrected chi connectivity index (χ2v) is 12.5. The first-order chi connectivity index (χ1) is 21.1. The molecular weight excluding hydrogens is 584 g/mol. The maximum absolute atomic E-state index is 13.6. The van der Waals surface area contributed by atoms with E-state index in [0.29, 0.717) is 12.8 Å². The van der Waals surface area contributed by atoms with Gasteiger partial charge in [0.25, 0.3) is 0 Å². The van der Waals surface area contributed by atoms with Gasteiger partial charge in [-0.25, -0.2) is 4.79 Å². The number of nitrogens with one attached hydrogen (secondary N) is 4. The van der Waals surface area contributed by atoms with Crippen molar-refractivity contribution in [1.82, 2.24) is 21.3 Å². The summed E-state index contributed by atoms with van der Waals surface area (Å²) in [6.07, 6.45) is 1.31. The minimum atomic E-state index is -1.37. The lowest BCUT2D eigenvalue weighted by atomic mass is 9.93. The van der Waals surface area contributed by atoms with E-state index in [9.17, 15) is 28.8 Å². The van der Waals surface area contributed by atoms with Gasteiger partial charge in [-0.1, -0.05) is 58.0 Å². The SMILES string of the molecule is CC(=O)N[C@@H](CCc1ccccc1)C(=O)N[C@@H](CC(C)C)C(=O)N[C@@H](COCC(=O)O)C(=O)NC(CC(C)C)C(=O)[C@]1(C)CO1. The van der Waals surface area contributed by atoms with E-state index in [2.05, 4.69) is 21.3 Å². The van der Waals surface area contributed by atoms with Crippen molar-refractivity contribution in [3.63, 3.8) is 0 Å². The third-order valence-corrected chi connectivity index (χ3v) is 7.18. The minimum absolute atomic E-state index is 0.0435. The van der Waals surface area contributed by atoms with E-state index in [1.165, 1.54) is 6.92 Å². The fraction of sp³-hybridized carbons (Fsp3) is 0.625. The molecule has 1 aliphatic rings. The Morgan fingerprint density at radius 1 is 0.822 bits per heavy atom. The van der Waals surface area contributed by atoms with Gasteiger partial charge in [0, 0.05) is 6.92 Å². The van der Waals surface area contributed by atoms with Crippen LogP contribution in [0.3, 0.4) is 0 Å². The number of rotatable bonds is 20. The van der Waals surface area contributed by atoms with Crippen molar-refractivity contribution in [2.75, 3.05) is 19.8 Å². The van der Waals surface area contributed by atoms with Crippen LogP contribution in [-0.4, -0.2) is 90.1 Å². The summed E-state index contributed by atoms with van der Waals surface area (Å²) in [6.45, 7) is 9.47. The summed E-state index contributed by atoms with van der Waals surface area (Å²) in [4.78, 5) is 76.4. The third kappa shape index (κ3) is 13.4. The molecule has 0 saturated carbocycles. The molecule has 1 heterocycles. The van der Waals surface area contributed by atoms with E-state index in [4.69, 9.17) is 14.6 Å². The molecule has 0 spiro atoms. The predicted octanol–water partition coefficient (Wildman–Crippen LogP) is 1.13. The first kappa shape index (κ1) is 37.3. The van der Waals surface area contributed by atoms with Gasteiger partial charge in [-0.05, 0) is 50.0 Å². The maximum atomic E-state index is 13.6. The lowest BCUT2D eigenvalue weighted by Gasteiger charge is -2.27. The van der Waals surface area contributed by atoms with Crippen molar-refractivity contribution in [1.29, 1.82) is 0 Å². The molecule has 0 aromatic heterocycles. The zero-order valence-corrected chi connectivity index (χ0v) is 27.0. The Kier molecular flexibility index (Phi) is 14.6. The number of aliphatic carboxylic acids is 1. The van der Waals surface area contributed by atoms with E-state index in [1.54, 1.807) is 6.92 Å². The van der Waals surface area contributed by atoms with Crippen molar-refractivity contribution in [3.05, 3.63) is 35.9 Å². The average molecular weight is 633 g/mol. The highest BCUT2D eigenvalue weighted by Gasteiger charge is 2.50. The molecule has 1 saturated heterocycles. The smallest absolute Gasteiger partial charge is 0.329 e. The van der Waals surface area contributed by atoms with Gasteiger partial charge in [-0.2, -0.15) is 0 Å². The number of aryl methyl sites for hydroxylation is 1. The highest BCUT2D eigenvalue weighted by molar-refractivity contribution is 5.98. The van der Waals surface area contributed by atoms with Crippen molar-refractivity contribution in [2.24, 2.45) is 11.8 Å². The lowest BCUT2D eigenvalue weighted by Crippen LogP contribution is -2.59. The largest absolute Gasteiger partial charge is 0.480 e. The van der Waals surface area contributed by atoms with Gasteiger partial charge in [-0.15, -0.1) is 0 Å². The summed E-state index contributed by atoms with van der Waals surface area (Å²) in [5.74, 6) is -3.99. The van der Waals surface area contributed by atoms with E-state index in [0.717, 1.165) is 5.56 Å². The molecule has 45 heavy (non-hydrogen) atoms. The minimum Gasteiger partial charge on any atom is -0.480 e. The Morgan fingerprint density at radius 2 is 1.33 bits per heavy atom. The number of hydrogen-bond acceptors (Lipinski definition) is 8. The number of carbonyl (C=O) groups is 6. The number of ketones is 1. The van der Waals surface area contributed by atoms with Gasteiger partial charge >= 0.3 is 5.97 Å². The molecule has 5 N–H and O–H groups in total. The van der Waals surface area contributed by atoms with Crippen LogP contribution in [0.1, 0.15) is 66.4 Å². The number of hydrogen-bond donors (Lipinski definition) is 5. The lowest BCUT2D eigenvalue weighted by molar-refractivity contribution is -0.144. The Labute approximate surface area is 264 Å². The molecule has 1 aromatic carbocycles. The molecule has 1 aliphatic heterocycles. The summed E-state index contributed by atoms with van der Waals surface area (Å²) in [6, 6.07) is 5.16. The first-order valence-electron chi connectivity index (χ1n) is 15.3. The van der Waals surface area contributed by atoms with Crippen molar-refractivity contribution in [2.45, 2.75) is 97.0 Å². The number of carboxylic acids is 1. The van der Waals surface area contributed by atoms with Crippen molar-refractivity contribution in [3.8, 4) is 0 Å². The number of epoxide rings is 1. The Balaban J connectivity index is 2.22. The average Bonchev–Trinajstić information content (AvgIpc) is 3.71. The summed E-state index contributed by atoms with van der Waals surface area (Å²) < 4.78 is 10.4. The van der Waals surface area contributed by atoms with Gasteiger partial charge in [0.2, 0.25) is 23.6 Å². The van der Waals surface area contributed by atoms with Gasteiger partial charge in [0.05, 0.1) is 19.3 Å². The molecule has 1 fully saturated rings. The predicted molar refractivity (Wildman–Crippen MR) is 165 cm³/mol. The number of Topliss-reactive ketones (excluding diaryl/α,β-unsaturated/α-hetero) is 1. The zero-order chi connectivity index (χ0) is 33.7. The van der Waals surface area contributed by atoms with E-state index >= 15 is 0 Å². The van der Waals surface area contributed by atoms with Crippen LogP contribution in [-0.2, 0) is 44.7 Å². The second kappa shape index (κ2) is 17.6. The standard InChI is InChI=1S/C32H48N4O9/c1-19(2)14-24(28(40)32(6)18-45-32)34-31(43)26(16-44-17-27(38)39)36-30(42)25(15-20(3)4)35-29(41)23(33-21(5)37)13-12-22-10-8-7-9-11-22/h7-11,19-20,23-26H,12-18H2,1-6H3,(H,33,37)(H,34,43)(H,35,41)(H,36,42)(H,38,39)/t23-,24?,25-,26-,32-/m0/s1. The molecule has 1 unspecified atom stereocenters. The summed E-state index contributed by atoms with van der Waals surface area (Å²) in [7, 11) is 0. The fourth-order valence-electron chi connectivity index (χ4n) is 4.76. The Bertz CT molecular complexity index is 1180. The fourth-order valence-corrected chi connectivity index (χ4v) is 4.76. The molecular formula is C32H48N4O9. The van der Waals surface area contributed by atoms with E-state index < -0.39 is 72.6 Å². The van der Waals surface area contributed by atoms with E-state index in [-0.39, 0.29) is 37.1 Å². The quantitative estimate of drug-likeness (QED) is 0.131. The molecule has 5 atom stereocenters. The normalized spacial score (nSPS) is 18.3. The van der Waals surface area contributed by atoms with Crippen LogP contribution in [0, 0.1) is 11.8 Å². The number of ether oxygens (including phenoxy) is 2. The van der Waals surface area contributed by atoms with Crippen LogP contribution < -0.4 is 21.3 Å². The molecule has 0 aliphatic carbocycles. The molecule has 4 amide bonds. The van der Waals surface area contributed by atoms with Crippen molar-refractivity contribution < 1.29 is 43.3 Å². The molecule has 13 heteroatoms. The van der Waals surface area contributed by atoms with Gasteiger partial charge < -0.3 is 35.8 Å². The molecule has 0 radical (unpaired) electrons. The summed E-state index contributed by atoms with van der Waals surface area (Å²) in [5, 5.41) is 19.7. The van der Waals surface area contributed by atoms with Crippen LogP contribution in [0.25, 0.3) is 0 Å². The summed E-state index contributed by atoms with van der Waals surface area (Å²) >= 11 is 0. The van der Waals surface area contributed by atoms with Crippen LogP contribution in [0.15, 0.2) is 30.3 Å². The number of benzene rings is 1. The van der Waals surface area contributed by atoms with E-state index in [1.807, 2.05) is 58.0 Å². The van der Waals surface area contributed by atoms with Crippen LogP contribution in [0.2, 0.25) is 0 Å². The topological polar surface area (TPSA) is 193 Å². The number of carbonyl (C=O) groups excluding carboxylic acids is 5. The molecule has 1 aromatic rings. The highest BCUT2D eigenvalue weighted by Crippen LogP contribution is 2.29. The van der Waals surface area contributed by atoms with Crippen LogP contribution >= 0.6 is 0 Å². The molecule has 2 rings (SSSR count). The number of carboxylic acid groups (broad SMARTS) is 1. The van der Waals surface area contributed by atoms with Crippen LogP contribution in [0.4, 0.5) is 0 Å². The first-order valence-corrected chi connectivity index (χ1v) is 15.3. The Morgan fingerprint density at radius 3 is 1.87 bits per heavy atom. The van der Waals surface area contributed by atoms with Crippen molar-refractivity contribution >= 4 is 35.4 Å². The molecule has 250 valence electrons. The monoisotopic (exact) mass is 632 g/mol. The number of amides is 4. The zero-order valence-electron chi connectivity index (χ0n) is 27.0. The second-order valence-electron chi connectivity index (χ2n) is 12.5. The summed E-state index contributed by atoms with van der Waals surface area (Å²) in [5.41, 5.74) is -0.0213. The maximum Gasteiger partial charge on any atom is 0.329 e. The third-order valence-electron chi connectivity index (χ3n) is 7.18. The molecule has 0 bridgehead atoms. The van der Waals surface area contributed by atoms with Gasteiger partial charge in [0.1, 0.15) is 30.3 Å². The Hall–Kier alpha value is -3.84. The van der Waals surface area contributed by atoms with Gasteiger partial charge in [0.15, 0.2) is 5.78 Å². The highest BCUT2D eigenvalue weighted by atomic mass is 16.6. The van der Waals surface area contributed by atoms with Gasteiger partial charge in [-0.3, -0.25) is 24.0 Å².